The molecule has 1 saturated heterocycles. The van der Waals surface area contributed by atoms with E-state index >= 15 is 0 Å². The van der Waals surface area contributed by atoms with Crippen LogP contribution in [-0.2, 0) is 9.53 Å². The largest absolute Gasteiger partial charge is 0.492 e. The van der Waals surface area contributed by atoms with Crippen molar-refractivity contribution in [3.05, 3.63) is 29.3 Å². The first-order chi connectivity index (χ1) is 11.1. The lowest BCUT2D eigenvalue weighted by Gasteiger charge is -2.35. The molecule has 1 amide bonds. The van der Waals surface area contributed by atoms with E-state index in [9.17, 15) is 4.79 Å². The van der Waals surface area contributed by atoms with Crippen LogP contribution < -0.4 is 10.5 Å². The molecular weight excluding hydrogens is 318 g/mol. The fraction of sp³-hybridized carbons (Fsp3) is 0.562. The summed E-state index contributed by atoms with van der Waals surface area (Å²) in [5, 5.41) is 0.699. The van der Waals surface area contributed by atoms with Gasteiger partial charge in [-0.1, -0.05) is 11.6 Å². The number of methoxy groups -OCH3 is 1. The summed E-state index contributed by atoms with van der Waals surface area (Å²) in [5.74, 6) is 0.776. The third kappa shape index (κ3) is 5.66. The van der Waals surface area contributed by atoms with Gasteiger partial charge in [-0.15, -0.1) is 0 Å². The third-order valence-corrected chi connectivity index (χ3v) is 4.09. The number of ether oxygens (including phenoxy) is 2. The third-order valence-electron chi connectivity index (χ3n) is 3.84. The Balaban J connectivity index is 1.66. The number of halogens is 1. The average molecular weight is 342 g/mol. The molecule has 7 heteroatoms. The van der Waals surface area contributed by atoms with E-state index in [1.165, 1.54) is 0 Å². The summed E-state index contributed by atoms with van der Waals surface area (Å²) in [5.41, 5.74) is 5.79. The zero-order valence-electron chi connectivity index (χ0n) is 13.4. The molecule has 0 aromatic heterocycles. The number of nitrogens with two attached hydrogens (primary N) is 1. The molecule has 0 saturated carbocycles. The minimum absolute atomic E-state index is 0.0380. The molecule has 1 aliphatic rings. The van der Waals surface area contributed by atoms with E-state index in [-0.39, 0.29) is 12.5 Å². The maximum atomic E-state index is 12.1. The topological polar surface area (TPSA) is 68.0 Å². The minimum atomic E-state index is -0.570. The average Bonchev–Trinajstić information content (AvgIpc) is 2.57. The Morgan fingerprint density at radius 3 is 2.52 bits per heavy atom. The van der Waals surface area contributed by atoms with Crippen LogP contribution in [0.4, 0.5) is 0 Å². The number of rotatable bonds is 7. The summed E-state index contributed by atoms with van der Waals surface area (Å²) in [6, 6.07) is 6.76. The van der Waals surface area contributed by atoms with Crippen LogP contribution in [0.15, 0.2) is 24.3 Å². The summed E-state index contributed by atoms with van der Waals surface area (Å²) in [7, 11) is 1.55. The number of carbonyl (C=O) groups excluding carboxylic acids is 1. The fourth-order valence-electron chi connectivity index (χ4n) is 2.50. The van der Waals surface area contributed by atoms with Gasteiger partial charge >= 0.3 is 0 Å². The maximum absolute atomic E-state index is 12.1. The second-order valence-electron chi connectivity index (χ2n) is 5.53. The van der Waals surface area contributed by atoms with Crippen molar-refractivity contribution in [2.24, 2.45) is 5.73 Å². The Morgan fingerprint density at radius 1 is 1.26 bits per heavy atom. The summed E-state index contributed by atoms with van der Waals surface area (Å²) < 4.78 is 10.6. The lowest BCUT2D eigenvalue weighted by atomic mass is 10.2. The van der Waals surface area contributed by atoms with E-state index in [0.717, 1.165) is 25.4 Å². The van der Waals surface area contributed by atoms with Crippen molar-refractivity contribution in [3.8, 4) is 5.75 Å². The first-order valence-electron chi connectivity index (χ1n) is 7.74. The van der Waals surface area contributed by atoms with Crippen molar-refractivity contribution in [1.82, 2.24) is 9.80 Å². The number of nitrogens with zero attached hydrogens (tertiary/aromatic N) is 2. The van der Waals surface area contributed by atoms with Crippen molar-refractivity contribution in [3.63, 3.8) is 0 Å². The first kappa shape index (κ1) is 18.0. The zero-order chi connectivity index (χ0) is 16.7. The SMILES string of the molecule is COCC(N)C(=O)N1CCN(CCOc2ccc(Cl)cc2)CC1. The van der Waals surface area contributed by atoms with Crippen LogP contribution in [0.25, 0.3) is 0 Å². The molecule has 128 valence electrons. The van der Waals surface area contributed by atoms with E-state index in [4.69, 9.17) is 26.8 Å². The fourth-order valence-corrected chi connectivity index (χ4v) is 2.63. The highest BCUT2D eigenvalue weighted by Crippen LogP contribution is 2.15. The number of hydrogen-bond acceptors (Lipinski definition) is 5. The molecule has 1 atom stereocenters. The minimum Gasteiger partial charge on any atom is -0.492 e. The van der Waals surface area contributed by atoms with Crippen LogP contribution in [0.1, 0.15) is 0 Å². The van der Waals surface area contributed by atoms with Crippen LogP contribution in [-0.4, -0.2) is 74.8 Å². The Bertz CT molecular complexity index is 490. The van der Waals surface area contributed by atoms with Gasteiger partial charge in [-0.05, 0) is 24.3 Å². The van der Waals surface area contributed by atoms with E-state index in [2.05, 4.69) is 4.90 Å². The Morgan fingerprint density at radius 2 is 1.91 bits per heavy atom. The van der Waals surface area contributed by atoms with Gasteiger partial charge in [0.1, 0.15) is 18.4 Å². The monoisotopic (exact) mass is 341 g/mol. The molecule has 1 aliphatic heterocycles. The predicted molar refractivity (Wildman–Crippen MR) is 89.8 cm³/mol. The van der Waals surface area contributed by atoms with Gasteiger partial charge in [0.05, 0.1) is 6.61 Å². The molecular formula is C16H24ClN3O3. The molecule has 1 unspecified atom stereocenters. The maximum Gasteiger partial charge on any atom is 0.241 e. The smallest absolute Gasteiger partial charge is 0.241 e. The van der Waals surface area contributed by atoms with E-state index in [0.29, 0.717) is 24.7 Å². The molecule has 1 aromatic rings. The molecule has 0 spiro atoms. The number of amides is 1. The quantitative estimate of drug-likeness (QED) is 0.796. The number of benzene rings is 1. The van der Waals surface area contributed by atoms with Crippen molar-refractivity contribution in [2.75, 3.05) is 53.0 Å². The molecule has 0 aliphatic carbocycles. The molecule has 23 heavy (non-hydrogen) atoms. The molecule has 1 heterocycles. The second-order valence-corrected chi connectivity index (χ2v) is 5.97. The van der Waals surface area contributed by atoms with Crippen molar-refractivity contribution in [1.29, 1.82) is 0 Å². The van der Waals surface area contributed by atoms with Crippen molar-refractivity contribution < 1.29 is 14.3 Å². The Hall–Kier alpha value is -1.34. The van der Waals surface area contributed by atoms with Gasteiger partial charge in [0.2, 0.25) is 5.91 Å². The van der Waals surface area contributed by atoms with Gasteiger partial charge in [0.25, 0.3) is 0 Å². The van der Waals surface area contributed by atoms with Crippen molar-refractivity contribution >= 4 is 17.5 Å². The van der Waals surface area contributed by atoms with Gasteiger partial charge in [-0.25, -0.2) is 0 Å². The van der Waals surface area contributed by atoms with E-state index in [1.54, 1.807) is 12.0 Å². The first-order valence-corrected chi connectivity index (χ1v) is 8.12. The molecule has 2 N–H and O–H groups in total. The van der Waals surface area contributed by atoms with E-state index < -0.39 is 6.04 Å². The number of piperazine rings is 1. The standard InChI is InChI=1S/C16H24ClN3O3/c1-22-12-15(18)16(21)20-8-6-19(7-9-20)10-11-23-14-4-2-13(17)3-5-14/h2-5,15H,6-12,18H2,1H3. The normalized spacial score (nSPS) is 17.1. The van der Waals surface area contributed by atoms with Gasteiger partial charge in [-0.2, -0.15) is 0 Å². The molecule has 0 bridgehead atoms. The van der Waals surface area contributed by atoms with Crippen LogP contribution in [0.3, 0.4) is 0 Å². The summed E-state index contributed by atoms with van der Waals surface area (Å²) in [6.45, 7) is 4.74. The number of hydrogen-bond donors (Lipinski definition) is 1. The van der Waals surface area contributed by atoms with Crippen molar-refractivity contribution in [2.45, 2.75) is 6.04 Å². The van der Waals surface area contributed by atoms with Gasteiger partial charge in [-0.3, -0.25) is 9.69 Å². The predicted octanol–water partition coefficient (Wildman–Crippen LogP) is 0.837. The highest BCUT2D eigenvalue weighted by atomic mass is 35.5. The molecule has 1 aromatic carbocycles. The Labute approximate surface area is 142 Å². The summed E-state index contributed by atoms with van der Waals surface area (Å²) >= 11 is 5.84. The summed E-state index contributed by atoms with van der Waals surface area (Å²) in [6.07, 6.45) is 0. The second kappa shape index (κ2) is 9.08. The van der Waals surface area contributed by atoms with Crippen LogP contribution in [0, 0.1) is 0 Å². The highest BCUT2D eigenvalue weighted by Gasteiger charge is 2.24. The van der Waals surface area contributed by atoms with Gasteiger partial charge < -0.3 is 20.1 Å². The number of carbonyl (C=O) groups is 1. The highest BCUT2D eigenvalue weighted by molar-refractivity contribution is 6.30. The van der Waals surface area contributed by atoms with Crippen LogP contribution in [0.2, 0.25) is 5.02 Å². The van der Waals surface area contributed by atoms with Gasteiger partial charge in [0.15, 0.2) is 0 Å². The summed E-state index contributed by atoms with van der Waals surface area (Å²) in [4.78, 5) is 16.2. The lowest BCUT2D eigenvalue weighted by Crippen LogP contribution is -2.54. The molecule has 1 fully saturated rings. The van der Waals surface area contributed by atoms with E-state index in [1.807, 2.05) is 24.3 Å². The lowest BCUT2D eigenvalue weighted by molar-refractivity contribution is -0.135. The zero-order valence-corrected chi connectivity index (χ0v) is 14.2. The molecule has 2 rings (SSSR count). The van der Waals surface area contributed by atoms with Crippen LogP contribution >= 0.6 is 11.6 Å². The molecule has 0 radical (unpaired) electrons. The molecule has 6 nitrogen and oxygen atoms in total. The van der Waals surface area contributed by atoms with Gasteiger partial charge in [0, 0.05) is 44.9 Å². The van der Waals surface area contributed by atoms with Crippen LogP contribution in [0.5, 0.6) is 5.75 Å². The Kier molecular flexibility index (Phi) is 7.11.